The van der Waals surface area contributed by atoms with E-state index < -0.39 is 11.6 Å². The fraction of sp³-hybridized carbons (Fsp3) is 0.562. The second kappa shape index (κ2) is 7.42. The summed E-state index contributed by atoms with van der Waals surface area (Å²) in [6.07, 6.45) is -0.347. The van der Waals surface area contributed by atoms with Gasteiger partial charge in [-0.15, -0.1) is 0 Å². The van der Waals surface area contributed by atoms with Crippen molar-refractivity contribution < 1.29 is 23.4 Å². The fourth-order valence-corrected chi connectivity index (χ4v) is 3.08. The number of morpholine rings is 1. The molecule has 2 aliphatic heterocycles. The molecule has 3 rings (SSSR count). The van der Waals surface area contributed by atoms with Crippen molar-refractivity contribution in [2.75, 3.05) is 52.6 Å². The molecule has 0 radical (unpaired) electrons. The molecule has 1 aromatic rings. The number of aliphatic hydroxyl groups excluding tert-OH is 1. The number of benzene rings is 1. The van der Waals surface area contributed by atoms with Crippen LogP contribution in [0.2, 0.25) is 0 Å². The van der Waals surface area contributed by atoms with Gasteiger partial charge in [-0.2, -0.15) is 0 Å². The van der Waals surface area contributed by atoms with Crippen molar-refractivity contribution in [3.63, 3.8) is 0 Å². The standard InChI is InChI=1S/C16H21F2N3O3/c17-13-2-1-12(9-14(13)18)15-10-19(6-8-24-15)11-21-4-3-20(5-7-22)16(21)23/h1-2,9,15,22H,3-8,10-11H2/t15-/m1/s1. The number of β-amino-alcohol motifs (C(OH)–C–C–N with tert-alkyl or cyclic N) is 1. The number of hydrogen-bond donors (Lipinski definition) is 1. The highest BCUT2D eigenvalue weighted by Gasteiger charge is 2.31. The number of hydrogen-bond acceptors (Lipinski definition) is 4. The van der Waals surface area contributed by atoms with Gasteiger partial charge >= 0.3 is 6.03 Å². The van der Waals surface area contributed by atoms with Gasteiger partial charge in [0.1, 0.15) is 0 Å². The lowest BCUT2D eigenvalue weighted by Gasteiger charge is -2.35. The summed E-state index contributed by atoms with van der Waals surface area (Å²) < 4.78 is 32.1. The second-order valence-corrected chi connectivity index (χ2v) is 6.01. The molecule has 1 N–H and O–H groups in total. The Kier molecular flexibility index (Phi) is 5.27. The van der Waals surface area contributed by atoms with Gasteiger partial charge in [0.15, 0.2) is 11.6 Å². The number of halogens is 2. The number of urea groups is 1. The topological polar surface area (TPSA) is 56.3 Å². The van der Waals surface area contributed by atoms with Gasteiger partial charge in [-0.05, 0) is 17.7 Å². The van der Waals surface area contributed by atoms with Crippen LogP contribution in [0.1, 0.15) is 11.7 Å². The number of amides is 2. The van der Waals surface area contributed by atoms with Crippen LogP contribution in [-0.2, 0) is 4.74 Å². The quantitative estimate of drug-likeness (QED) is 0.869. The van der Waals surface area contributed by atoms with Gasteiger partial charge in [0, 0.05) is 32.7 Å². The Morgan fingerprint density at radius 1 is 1.17 bits per heavy atom. The molecule has 132 valence electrons. The smallest absolute Gasteiger partial charge is 0.321 e. The lowest BCUT2D eigenvalue weighted by molar-refractivity contribution is -0.0413. The van der Waals surface area contributed by atoms with E-state index in [1.807, 2.05) is 0 Å². The number of ether oxygens (including phenoxy) is 1. The first kappa shape index (κ1) is 17.1. The third-order valence-corrected chi connectivity index (χ3v) is 4.39. The zero-order valence-electron chi connectivity index (χ0n) is 13.3. The van der Waals surface area contributed by atoms with E-state index in [-0.39, 0.29) is 18.7 Å². The fourth-order valence-electron chi connectivity index (χ4n) is 3.08. The Balaban J connectivity index is 1.60. The van der Waals surface area contributed by atoms with Crippen molar-refractivity contribution in [1.29, 1.82) is 0 Å². The van der Waals surface area contributed by atoms with E-state index in [0.717, 1.165) is 12.1 Å². The minimum atomic E-state index is -0.886. The van der Waals surface area contributed by atoms with E-state index in [1.165, 1.54) is 6.07 Å². The molecule has 8 heteroatoms. The zero-order chi connectivity index (χ0) is 17.1. The maximum absolute atomic E-state index is 13.4. The van der Waals surface area contributed by atoms with Crippen molar-refractivity contribution in [2.24, 2.45) is 0 Å². The van der Waals surface area contributed by atoms with E-state index in [2.05, 4.69) is 4.90 Å². The molecule has 2 aliphatic rings. The number of carbonyl (C=O) groups is 1. The molecule has 1 atom stereocenters. The molecule has 0 bridgehead atoms. The summed E-state index contributed by atoms with van der Waals surface area (Å²) in [5.41, 5.74) is 0.591. The maximum atomic E-state index is 13.4. The van der Waals surface area contributed by atoms with E-state index in [1.54, 1.807) is 9.80 Å². The summed E-state index contributed by atoms with van der Waals surface area (Å²) in [5.74, 6) is -1.76. The van der Waals surface area contributed by atoms with E-state index in [9.17, 15) is 13.6 Å². The summed E-state index contributed by atoms with van der Waals surface area (Å²) in [6.45, 7) is 3.63. The van der Waals surface area contributed by atoms with Gasteiger partial charge in [0.2, 0.25) is 0 Å². The number of aliphatic hydroxyl groups is 1. The number of nitrogens with zero attached hydrogens (tertiary/aromatic N) is 3. The molecule has 2 amide bonds. The predicted octanol–water partition coefficient (Wildman–Crippen LogP) is 1.03. The monoisotopic (exact) mass is 341 g/mol. The Labute approximate surface area is 139 Å². The van der Waals surface area contributed by atoms with E-state index in [4.69, 9.17) is 9.84 Å². The Hall–Kier alpha value is -1.77. The molecular weight excluding hydrogens is 320 g/mol. The Bertz CT molecular complexity index is 602. The first-order chi connectivity index (χ1) is 11.6. The summed E-state index contributed by atoms with van der Waals surface area (Å²) >= 11 is 0. The third kappa shape index (κ3) is 3.66. The molecule has 1 aromatic carbocycles. The van der Waals surface area contributed by atoms with Crippen molar-refractivity contribution in [3.05, 3.63) is 35.4 Å². The first-order valence-corrected chi connectivity index (χ1v) is 8.02. The predicted molar refractivity (Wildman–Crippen MR) is 82.3 cm³/mol. The maximum Gasteiger partial charge on any atom is 0.321 e. The average molecular weight is 341 g/mol. The molecule has 0 spiro atoms. The van der Waals surface area contributed by atoms with E-state index >= 15 is 0 Å². The second-order valence-electron chi connectivity index (χ2n) is 6.01. The van der Waals surface area contributed by atoms with Crippen LogP contribution >= 0.6 is 0 Å². The lowest BCUT2D eigenvalue weighted by atomic mass is 10.1. The number of carbonyl (C=O) groups excluding carboxylic acids is 1. The lowest BCUT2D eigenvalue weighted by Crippen LogP contribution is -2.46. The summed E-state index contributed by atoms with van der Waals surface area (Å²) in [6, 6.07) is 3.70. The van der Waals surface area contributed by atoms with Crippen LogP contribution in [0.4, 0.5) is 13.6 Å². The molecule has 2 saturated heterocycles. The molecule has 0 aliphatic carbocycles. The molecule has 6 nitrogen and oxygen atoms in total. The normalized spacial score (nSPS) is 22.5. The van der Waals surface area contributed by atoms with Gasteiger partial charge < -0.3 is 19.6 Å². The molecular formula is C16H21F2N3O3. The third-order valence-electron chi connectivity index (χ3n) is 4.39. The molecule has 0 aromatic heterocycles. The van der Waals surface area contributed by atoms with Crippen LogP contribution in [0.15, 0.2) is 18.2 Å². The minimum Gasteiger partial charge on any atom is -0.395 e. The van der Waals surface area contributed by atoms with Gasteiger partial charge in [-0.1, -0.05) is 6.07 Å². The number of rotatable bonds is 5. The first-order valence-electron chi connectivity index (χ1n) is 8.02. The highest BCUT2D eigenvalue weighted by atomic mass is 19.2. The van der Waals surface area contributed by atoms with E-state index in [0.29, 0.717) is 51.6 Å². The largest absolute Gasteiger partial charge is 0.395 e. The van der Waals surface area contributed by atoms with Crippen molar-refractivity contribution >= 4 is 6.03 Å². The Morgan fingerprint density at radius 2 is 1.96 bits per heavy atom. The Morgan fingerprint density at radius 3 is 2.71 bits per heavy atom. The van der Waals surface area contributed by atoms with Gasteiger partial charge in [-0.3, -0.25) is 4.90 Å². The van der Waals surface area contributed by atoms with Gasteiger partial charge in [0.25, 0.3) is 0 Å². The summed E-state index contributed by atoms with van der Waals surface area (Å²) in [4.78, 5) is 17.6. The average Bonchev–Trinajstić information content (AvgIpc) is 2.91. The SMILES string of the molecule is O=C1N(CCO)CCN1CN1CCO[C@@H](c2ccc(F)c(F)c2)C1. The molecule has 24 heavy (non-hydrogen) atoms. The van der Waals surface area contributed by atoms with Crippen LogP contribution in [0, 0.1) is 11.6 Å². The van der Waals surface area contributed by atoms with Crippen molar-refractivity contribution in [1.82, 2.24) is 14.7 Å². The molecule has 0 saturated carbocycles. The molecule has 2 fully saturated rings. The van der Waals surface area contributed by atoms with Crippen LogP contribution in [0.5, 0.6) is 0 Å². The van der Waals surface area contributed by atoms with Crippen LogP contribution in [-0.4, -0.2) is 78.4 Å². The van der Waals surface area contributed by atoms with Gasteiger partial charge in [-0.25, -0.2) is 13.6 Å². The summed E-state index contributed by atoms with van der Waals surface area (Å²) in [7, 11) is 0. The van der Waals surface area contributed by atoms with Gasteiger partial charge in [0.05, 0.1) is 26.0 Å². The summed E-state index contributed by atoms with van der Waals surface area (Å²) in [5, 5.41) is 8.96. The van der Waals surface area contributed by atoms with Crippen molar-refractivity contribution in [3.8, 4) is 0 Å². The minimum absolute atomic E-state index is 0.0463. The highest BCUT2D eigenvalue weighted by Crippen LogP contribution is 2.24. The van der Waals surface area contributed by atoms with Crippen LogP contribution in [0.3, 0.4) is 0 Å². The van der Waals surface area contributed by atoms with Crippen molar-refractivity contribution in [2.45, 2.75) is 6.10 Å². The molecule has 0 unspecified atom stereocenters. The van der Waals surface area contributed by atoms with Crippen LogP contribution < -0.4 is 0 Å². The van der Waals surface area contributed by atoms with Crippen LogP contribution in [0.25, 0.3) is 0 Å². The zero-order valence-corrected chi connectivity index (χ0v) is 13.3. The molecule has 2 heterocycles. The highest BCUT2D eigenvalue weighted by molar-refractivity contribution is 5.76.